The summed E-state index contributed by atoms with van der Waals surface area (Å²) in [6, 6.07) is 8.04. The van der Waals surface area contributed by atoms with Crippen LogP contribution < -0.4 is 4.74 Å². The summed E-state index contributed by atoms with van der Waals surface area (Å²) in [4.78, 5) is 11.3. The van der Waals surface area contributed by atoms with E-state index in [1.807, 2.05) is 23.7 Å². The predicted octanol–water partition coefficient (Wildman–Crippen LogP) is 3.00. The van der Waals surface area contributed by atoms with Crippen LogP contribution in [0.5, 0.6) is 5.75 Å². The fraction of sp³-hybridized carbons (Fsp3) is 0.471. The maximum absolute atomic E-state index is 11.3. The first-order valence-corrected chi connectivity index (χ1v) is 9.01. The lowest BCUT2D eigenvalue weighted by atomic mass is 10.2. The van der Waals surface area contributed by atoms with E-state index in [0.717, 1.165) is 23.2 Å². The first kappa shape index (κ1) is 18.3. The number of carbonyl (C=O) groups excluding carboxylic acids is 1. The number of aromatic nitrogens is 3. The smallest absolute Gasteiger partial charge is 0.306 e. The van der Waals surface area contributed by atoms with Gasteiger partial charge in [0.05, 0.1) is 13.0 Å². The zero-order valence-corrected chi connectivity index (χ0v) is 15.1. The van der Waals surface area contributed by atoms with Crippen molar-refractivity contribution in [1.82, 2.24) is 14.8 Å². The Kier molecular flexibility index (Phi) is 7.11. The second kappa shape index (κ2) is 9.32. The molecule has 2 rings (SSSR count). The van der Waals surface area contributed by atoms with E-state index in [9.17, 15) is 4.79 Å². The molecule has 130 valence electrons. The summed E-state index contributed by atoms with van der Waals surface area (Å²) in [7, 11) is 1.89. The Morgan fingerprint density at radius 1 is 1.21 bits per heavy atom. The van der Waals surface area contributed by atoms with Crippen LogP contribution in [0.3, 0.4) is 0 Å². The Labute approximate surface area is 146 Å². The first-order chi connectivity index (χ1) is 11.6. The molecule has 1 heterocycles. The van der Waals surface area contributed by atoms with Gasteiger partial charge in [-0.25, -0.2) is 0 Å². The molecule has 1 aromatic heterocycles. The lowest BCUT2D eigenvalue weighted by Crippen LogP contribution is -2.06. The van der Waals surface area contributed by atoms with Crippen molar-refractivity contribution in [3.8, 4) is 5.75 Å². The maximum Gasteiger partial charge on any atom is 0.306 e. The zero-order chi connectivity index (χ0) is 17.4. The van der Waals surface area contributed by atoms with E-state index in [0.29, 0.717) is 25.4 Å². The molecule has 0 atom stereocenters. The van der Waals surface area contributed by atoms with Gasteiger partial charge >= 0.3 is 5.97 Å². The molecule has 0 saturated heterocycles. The Balaban J connectivity index is 1.83. The predicted molar refractivity (Wildman–Crippen MR) is 93.1 cm³/mol. The van der Waals surface area contributed by atoms with Gasteiger partial charge in [0.15, 0.2) is 11.0 Å². The third-order valence-corrected chi connectivity index (χ3v) is 4.49. The van der Waals surface area contributed by atoms with E-state index in [1.165, 1.54) is 17.3 Å². The van der Waals surface area contributed by atoms with Gasteiger partial charge in [0.25, 0.3) is 0 Å². The van der Waals surface area contributed by atoms with Crippen molar-refractivity contribution in [3.63, 3.8) is 0 Å². The van der Waals surface area contributed by atoms with Crippen LogP contribution in [0.15, 0.2) is 29.4 Å². The normalized spacial score (nSPS) is 10.6. The van der Waals surface area contributed by atoms with Gasteiger partial charge in [-0.2, -0.15) is 0 Å². The summed E-state index contributed by atoms with van der Waals surface area (Å²) in [5.74, 6) is 1.98. The molecule has 6 nitrogen and oxygen atoms in total. The quantitative estimate of drug-likeness (QED) is 0.512. The van der Waals surface area contributed by atoms with Crippen LogP contribution in [0, 0.1) is 0 Å². The van der Waals surface area contributed by atoms with Gasteiger partial charge in [-0.05, 0) is 31.0 Å². The number of ether oxygens (including phenoxy) is 2. The fourth-order valence-electron chi connectivity index (χ4n) is 2.02. The fourth-order valence-corrected chi connectivity index (χ4v) is 2.87. The van der Waals surface area contributed by atoms with Crippen molar-refractivity contribution in [2.75, 3.05) is 12.4 Å². The Hall–Kier alpha value is -2.02. The van der Waals surface area contributed by atoms with Crippen LogP contribution in [0.1, 0.15) is 31.7 Å². The molecular formula is C17H23N3O3S. The summed E-state index contributed by atoms with van der Waals surface area (Å²) in [5, 5.41) is 9.05. The van der Waals surface area contributed by atoms with Crippen LogP contribution in [-0.4, -0.2) is 33.1 Å². The Morgan fingerprint density at radius 3 is 2.62 bits per heavy atom. The molecule has 0 bridgehead atoms. The first-order valence-electron chi connectivity index (χ1n) is 8.02. The monoisotopic (exact) mass is 349 g/mol. The number of hydrogen-bond acceptors (Lipinski definition) is 6. The van der Waals surface area contributed by atoms with E-state index >= 15 is 0 Å². The molecule has 0 spiro atoms. The summed E-state index contributed by atoms with van der Waals surface area (Å²) in [6.07, 6.45) is 1.37. The number of rotatable bonds is 9. The lowest BCUT2D eigenvalue weighted by molar-refractivity contribution is -0.142. The molecule has 0 saturated carbocycles. The molecule has 0 unspecified atom stereocenters. The van der Waals surface area contributed by atoms with E-state index in [1.54, 1.807) is 6.92 Å². The van der Waals surface area contributed by atoms with Gasteiger partial charge in [0.2, 0.25) is 0 Å². The third kappa shape index (κ3) is 5.26. The van der Waals surface area contributed by atoms with Crippen molar-refractivity contribution in [2.45, 2.75) is 38.5 Å². The summed E-state index contributed by atoms with van der Waals surface area (Å²) >= 11 is 1.48. The molecule has 0 fully saturated rings. The molecule has 0 N–H and O–H groups in total. The third-order valence-electron chi connectivity index (χ3n) is 3.47. The van der Waals surface area contributed by atoms with Crippen LogP contribution >= 0.6 is 11.8 Å². The highest BCUT2D eigenvalue weighted by Crippen LogP contribution is 2.18. The van der Waals surface area contributed by atoms with Crippen molar-refractivity contribution < 1.29 is 14.3 Å². The molecule has 0 amide bonds. The number of thioether (sulfide) groups is 1. The van der Waals surface area contributed by atoms with Crippen LogP contribution in [-0.2, 0) is 29.6 Å². The maximum atomic E-state index is 11.3. The average Bonchev–Trinajstić information content (AvgIpc) is 2.94. The van der Waals surface area contributed by atoms with Crippen LogP contribution in [0.4, 0.5) is 0 Å². The molecular weight excluding hydrogens is 326 g/mol. The van der Waals surface area contributed by atoms with Crippen LogP contribution in [0.25, 0.3) is 0 Å². The molecule has 0 radical (unpaired) electrons. The van der Waals surface area contributed by atoms with Crippen molar-refractivity contribution in [1.29, 1.82) is 0 Å². The number of carbonyl (C=O) groups is 1. The summed E-state index contributed by atoms with van der Waals surface area (Å²) in [5.41, 5.74) is 1.28. The molecule has 1 aromatic carbocycles. The molecule has 0 aliphatic heterocycles. The largest absolute Gasteiger partial charge is 0.486 e. The Bertz CT molecular complexity index is 656. The second-order valence-electron chi connectivity index (χ2n) is 5.15. The molecule has 0 aliphatic rings. The van der Waals surface area contributed by atoms with Gasteiger partial charge in [0, 0.05) is 12.8 Å². The highest BCUT2D eigenvalue weighted by molar-refractivity contribution is 7.99. The highest BCUT2D eigenvalue weighted by Gasteiger charge is 2.11. The highest BCUT2D eigenvalue weighted by atomic mass is 32.2. The number of hydrogen-bond donors (Lipinski definition) is 0. The molecule has 7 heteroatoms. The van der Waals surface area contributed by atoms with Crippen LogP contribution in [0.2, 0.25) is 0 Å². The second-order valence-corrected chi connectivity index (χ2v) is 6.21. The Morgan fingerprint density at radius 2 is 1.96 bits per heavy atom. The van der Waals surface area contributed by atoms with Crippen molar-refractivity contribution in [3.05, 3.63) is 35.7 Å². The van der Waals surface area contributed by atoms with E-state index in [2.05, 4.69) is 29.3 Å². The van der Waals surface area contributed by atoms with Gasteiger partial charge in [-0.3, -0.25) is 4.79 Å². The standard InChI is InChI=1S/C17H23N3O3S/c1-4-13-6-8-14(9-7-13)23-12-15-18-19-17(20(15)3)24-11-10-16(21)22-5-2/h6-9H,4-5,10-12H2,1-3H3. The van der Waals surface area contributed by atoms with E-state index in [4.69, 9.17) is 9.47 Å². The number of aryl methyl sites for hydroxylation is 1. The zero-order valence-electron chi connectivity index (χ0n) is 14.3. The van der Waals surface area contributed by atoms with E-state index < -0.39 is 0 Å². The van der Waals surface area contributed by atoms with Gasteiger partial charge in [0.1, 0.15) is 12.4 Å². The minimum atomic E-state index is -0.189. The summed E-state index contributed by atoms with van der Waals surface area (Å²) in [6.45, 7) is 4.69. The van der Waals surface area contributed by atoms with Crippen molar-refractivity contribution in [2.24, 2.45) is 7.05 Å². The SMILES string of the molecule is CCOC(=O)CCSc1nnc(COc2ccc(CC)cc2)n1C. The molecule has 2 aromatic rings. The minimum absolute atomic E-state index is 0.189. The molecule has 24 heavy (non-hydrogen) atoms. The van der Waals surface area contributed by atoms with Crippen molar-refractivity contribution >= 4 is 17.7 Å². The average molecular weight is 349 g/mol. The van der Waals surface area contributed by atoms with Gasteiger partial charge < -0.3 is 14.0 Å². The number of benzene rings is 1. The van der Waals surface area contributed by atoms with E-state index in [-0.39, 0.29) is 5.97 Å². The number of nitrogens with zero attached hydrogens (tertiary/aromatic N) is 3. The number of esters is 1. The van der Waals surface area contributed by atoms with Gasteiger partial charge in [-0.1, -0.05) is 30.8 Å². The lowest BCUT2D eigenvalue weighted by Gasteiger charge is -2.07. The topological polar surface area (TPSA) is 66.2 Å². The molecule has 0 aliphatic carbocycles. The van der Waals surface area contributed by atoms with Gasteiger partial charge in [-0.15, -0.1) is 10.2 Å². The minimum Gasteiger partial charge on any atom is -0.486 e. The summed E-state index contributed by atoms with van der Waals surface area (Å²) < 4.78 is 12.5.